The second kappa shape index (κ2) is 5.08. The molecule has 0 unspecified atom stereocenters. The summed E-state index contributed by atoms with van der Waals surface area (Å²) in [5.41, 5.74) is -0.520. The zero-order valence-electron chi connectivity index (χ0n) is 11.6. The van der Waals surface area contributed by atoms with Crippen molar-refractivity contribution in [3.05, 3.63) is 18.6 Å². The minimum Gasteiger partial charge on any atom is -0.390 e. The Kier molecular flexibility index (Phi) is 3.44. The van der Waals surface area contributed by atoms with Gasteiger partial charge in [0.15, 0.2) is 0 Å². The van der Waals surface area contributed by atoms with Crippen molar-refractivity contribution in [3.8, 4) is 0 Å². The van der Waals surface area contributed by atoms with Crippen molar-refractivity contribution >= 4 is 5.82 Å². The number of anilines is 1. The number of hydrogen-bond donors (Lipinski definition) is 1. The largest absolute Gasteiger partial charge is 0.390 e. The van der Waals surface area contributed by atoms with E-state index in [9.17, 15) is 5.11 Å². The Morgan fingerprint density at radius 3 is 2.89 bits per heavy atom. The van der Waals surface area contributed by atoms with E-state index in [-0.39, 0.29) is 0 Å². The van der Waals surface area contributed by atoms with E-state index in [1.807, 2.05) is 13.1 Å². The van der Waals surface area contributed by atoms with Crippen LogP contribution in [0, 0.1) is 5.92 Å². The lowest BCUT2D eigenvalue weighted by Crippen LogP contribution is -2.49. The maximum Gasteiger partial charge on any atom is 0.147 e. The highest BCUT2D eigenvalue weighted by Gasteiger charge is 2.43. The van der Waals surface area contributed by atoms with Gasteiger partial charge in [0.05, 0.1) is 11.8 Å². The molecular weight excluding hydrogens is 238 g/mol. The molecule has 1 saturated heterocycles. The molecule has 104 valence electrons. The van der Waals surface area contributed by atoms with Crippen LogP contribution in [-0.4, -0.2) is 33.3 Å². The minimum atomic E-state index is -0.520. The number of nitrogens with zero attached hydrogens (tertiary/aromatic N) is 3. The third kappa shape index (κ3) is 2.46. The van der Waals surface area contributed by atoms with Gasteiger partial charge in [-0.05, 0) is 32.6 Å². The summed E-state index contributed by atoms with van der Waals surface area (Å²) >= 11 is 0. The predicted octanol–water partition coefficient (Wildman–Crippen LogP) is 2.39. The van der Waals surface area contributed by atoms with Gasteiger partial charge in [-0.2, -0.15) is 0 Å². The highest BCUT2D eigenvalue weighted by Crippen LogP contribution is 2.41. The van der Waals surface area contributed by atoms with Gasteiger partial charge in [-0.1, -0.05) is 12.8 Å². The topological polar surface area (TPSA) is 49.2 Å². The van der Waals surface area contributed by atoms with Gasteiger partial charge in [-0.15, -0.1) is 0 Å². The summed E-state index contributed by atoms with van der Waals surface area (Å²) in [7, 11) is 0. The Morgan fingerprint density at radius 2 is 2.16 bits per heavy atom. The van der Waals surface area contributed by atoms with Crippen molar-refractivity contribution in [3.63, 3.8) is 0 Å². The number of hydrogen-bond acceptors (Lipinski definition) is 4. The molecule has 1 aromatic rings. The SMILES string of the molecule is C[C@]1(O)CCCC[C@H]1[C@@H]1CCCN1c1cnccn1. The molecular formula is C15H23N3O. The standard InChI is InChI=1S/C15H23N3O/c1-15(19)7-3-2-5-12(15)13-6-4-10-18(13)14-11-16-8-9-17-14/h8-9,11-13,19H,2-7,10H2,1H3/t12-,13-,15-/m0/s1. The first-order valence-electron chi connectivity index (χ1n) is 7.43. The molecule has 0 spiro atoms. The Labute approximate surface area is 114 Å². The van der Waals surface area contributed by atoms with Gasteiger partial charge in [0, 0.05) is 30.9 Å². The van der Waals surface area contributed by atoms with Crippen LogP contribution in [0.4, 0.5) is 5.82 Å². The number of aromatic nitrogens is 2. The molecule has 1 saturated carbocycles. The molecule has 3 rings (SSSR count). The molecule has 4 nitrogen and oxygen atoms in total. The first-order valence-corrected chi connectivity index (χ1v) is 7.43. The van der Waals surface area contributed by atoms with Crippen molar-refractivity contribution in [2.45, 2.75) is 57.1 Å². The molecule has 19 heavy (non-hydrogen) atoms. The molecule has 2 heterocycles. The lowest BCUT2D eigenvalue weighted by atomic mass is 9.72. The second-order valence-corrected chi connectivity index (χ2v) is 6.18. The highest BCUT2D eigenvalue weighted by molar-refractivity contribution is 5.39. The van der Waals surface area contributed by atoms with Crippen molar-refractivity contribution in [1.82, 2.24) is 9.97 Å². The zero-order chi connectivity index (χ0) is 13.3. The van der Waals surface area contributed by atoms with Crippen LogP contribution in [0.2, 0.25) is 0 Å². The fraction of sp³-hybridized carbons (Fsp3) is 0.733. The van der Waals surface area contributed by atoms with Gasteiger partial charge in [-0.3, -0.25) is 4.98 Å². The maximum atomic E-state index is 10.7. The molecule has 0 radical (unpaired) electrons. The molecule has 1 aliphatic heterocycles. The molecule has 0 amide bonds. The maximum absolute atomic E-state index is 10.7. The van der Waals surface area contributed by atoms with Crippen LogP contribution in [0.1, 0.15) is 45.4 Å². The average molecular weight is 261 g/mol. The van der Waals surface area contributed by atoms with Crippen LogP contribution in [0.25, 0.3) is 0 Å². The summed E-state index contributed by atoms with van der Waals surface area (Å²) < 4.78 is 0. The molecule has 1 aromatic heterocycles. The van der Waals surface area contributed by atoms with Gasteiger partial charge >= 0.3 is 0 Å². The second-order valence-electron chi connectivity index (χ2n) is 6.18. The molecule has 2 fully saturated rings. The van der Waals surface area contributed by atoms with Crippen LogP contribution in [-0.2, 0) is 0 Å². The van der Waals surface area contributed by atoms with Crippen molar-refractivity contribution in [2.24, 2.45) is 5.92 Å². The number of rotatable bonds is 2. The molecule has 1 aliphatic carbocycles. The number of aliphatic hydroxyl groups is 1. The van der Waals surface area contributed by atoms with E-state index in [0.29, 0.717) is 12.0 Å². The minimum absolute atomic E-state index is 0.366. The highest BCUT2D eigenvalue weighted by atomic mass is 16.3. The van der Waals surface area contributed by atoms with E-state index in [1.165, 1.54) is 12.8 Å². The summed E-state index contributed by atoms with van der Waals surface area (Å²) in [4.78, 5) is 11.0. The zero-order valence-corrected chi connectivity index (χ0v) is 11.6. The smallest absolute Gasteiger partial charge is 0.147 e. The van der Waals surface area contributed by atoms with Crippen molar-refractivity contribution in [2.75, 3.05) is 11.4 Å². The summed E-state index contributed by atoms with van der Waals surface area (Å²) in [6, 6.07) is 0.423. The predicted molar refractivity (Wildman–Crippen MR) is 75.0 cm³/mol. The molecule has 0 bridgehead atoms. The lowest BCUT2D eigenvalue weighted by molar-refractivity contribution is -0.0411. The fourth-order valence-corrected chi connectivity index (χ4v) is 3.89. The van der Waals surface area contributed by atoms with Gasteiger partial charge in [-0.25, -0.2) is 4.98 Å². The summed E-state index contributed by atoms with van der Waals surface area (Å²) in [6.45, 7) is 3.06. The first kappa shape index (κ1) is 12.9. The third-order valence-electron chi connectivity index (χ3n) is 4.85. The van der Waals surface area contributed by atoms with E-state index in [0.717, 1.165) is 38.0 Å². The summed E-state index contributed by atoms with van der Waals surface area (Å²) in [6.07, 6.45) is 12.1. The van der Waals surface area contributed by atoms with Crippen LogP contribution >= 0.6 is 0 Å². The quantitative estimate of drug-likeness (QED) is 0.888. The van der Waals surface area contributed by atoms with Crippen LogP contribution in [0.15, 0.2) is 18.6 Å². The molecule has 1 N–H and O–H groups in total. The van der Waals surface area contributed by atoms with Gasteiger partial charge in [0.2, 0.25) is 0 Å². The Morgan fingerprint density at radius 1 is 1.26 bits per heavy atom. The molecule has 0 aromatic carbocycles. The first-order chi connectivity index (χ1) is 9.18. The molecule has 4 heteroatoms. The van der Waals surface area contributed by atoms with E-state index in [2.05, 4.69) is 14.9 Å². The van der Waals surface area contributed by atoms with Gasteiger partial charge < -0.3 is 10.0 Å². The summed E-state index contributed by atoms with van der Waals surface area (Å²) in [5.74, 6) is 1.33. The summed E-state index contributed by atoms with van der Waals surface area (Å²) in [5, 5.41) is 10.7. The van der Waals surface area contributed by atoms with E-state index in [4.69, 9.17) is 0 Å². The van der Waals surface area contributed by atoms with Gasteiger partial charge in [0.1, 0.15) is 5.82 Å². The monoisotopic (exact) mass is 261 g/mol. The van der Waals surface area contributed by atoms with Crippen LogP contribution in [0.3, 0.4) is 0 Å². The Bertz CT molecular complexity index is 421. The normalized spacial score (nSPS) is 35.6. The lowest BCUT2D eigenvalue weighted by Gasteiger charge is -2.43. The van der Waals surface area contributed by atoms with Crippen LogP contribution in [0.5, 0.6) is 0 Å². The van der Waals surface area contributed by atoms with Crippen LogP contribution < -0.4 is 4.90 Å². The van der Waals surface area contributed by atoms with Crippen molar-refractivity contribution in [1.29, 1.82) is 0 Å². The molecule has 2 aliphatic rings. The third-order valence-corrected chi connectivity index (χ3v) is 4.85. The van der Waals surface area contributed by atoms with E-state index in [1.54, 1.807) is 12.4 Å². The van der Waals surface area contributed by atoms with Gasteiger partial charge in [0.25, 0.3) is 0 Å². The average Bonchev–Trinajstić information content (AvgIpc) is 2.88. The molecule has 3 atom stereocenters. The Hall–Kier alpha value is -1.16. The van der Waals surface area contributed by atoms with Crippen molar-refractivity contribution < 1.29 is 5.11 Å². The fourth-order valence-electron chi connectivity index (χ4n) is 3.89. The van der Waals surface area contributed by atoms with E-state index >= 15 is 0 Å². The van der Waals surface area contributed by atoms with E-state index < -0.39 is 5.60 Å². The Balaban J connectivity index is 1.83.